The van der Waals surface area contributed by atoms with Crippen LogP contribution < -0.4 is 0 Å². The van der Waals surface area contributed by atoms with Gasteiger partial charge in [-0.3, -0.25) is 4.79 Å². The van der Waals surface area contributed by atoms with E-state index in [1.54, 1.807) is 19.1 Å². The number of ether oxygens (including phenoxy) is 1. The highest BCUT2D eigenvalue weighted by Gasteiger charge is 2.34. The van der Waals surface area contributed by atoms with E-state index < -0.39 is 15.9 Å². The maximum atomic E-state index is 13.2. The highest BCUT2D eigenvalue weighted by molar-refractivity contribution is 7.89. The number of hydrogen-bond acceptors (Lipinski definition) is 7. The lowest BCUT2D eigenvalue weighted by Gasteiger charge is -2.30. The summed E-state index contributed by atoms with van der Waals surface area (Å²) in [5, 5.41) is 3.99. The molecule has 8 nitrogen and oxygen atoms in total. The standard InChI is InChI=1S/C22H23N3O5S/c1-2-29-22(26)18-11-7-13-25(15-18)31(27,28)19-12-6-10-17(14-19)21-23-20(24-30-21)16-8-4-3-5-9-16/h3-6,8-10,12,14,18H,2,7,11,13,15H2,1H3/t18-/m0/s1. The Morgan fingerprint density at radius 1 is 1.16 bits per heavy atom. The molecule has 0 radical (unpaired) electrons. The molecule has 1 aliphatic rings. The first kappa shape index (κ1) is 21.2. The summed E-state index contributed by atoms with van der Waals surface area (Å²) >= 11 is 0. The maximum absolute atomic E-state index is 13.2. The van der Waals surface area contributed by atoms with Gasteiger partial charge in [0.2, 0.25) is 15.8 Å². The van der Waals surface area contributed by atoms with Crippen molar-refractivity contribution >= 4 is 16.0 Å². The first-order chi connectivity index (χ1) is 15.0. The fourth-order valence-corrected chi connectivity index (χ4v) is 5.17. The molecule has 2 aromatic carbocycles. The van der Waals surface area contributed by atoms with Crippen molar-refractivity contribution in [1.29, 1.82) is 0 Å². The highest BCUT2D eigenvalue weighted by atomic mass is 32.2. The number of carbonyl (C=O) groups excluding carboxylic acids is 1. The molecule has 0 unspecified atom stereocenters. The van der Waals surface area contributed by atoms with Crippen LogP contribution in [0.1, 0.15) is 19.8 Å². The summed E-state index contributed by atoms with van der Waals surface area (Å²) in [5.41, 5.74) is 1.31. The molecule has 3 aromatic rings. The van der Waals surface area contributed by atoms with E-state index in [1.165, 1.54) is 16.4 Å². The average Bonchev–Trinajstić information content (AvgIpc) is 3.30. The van der Waals surface area contributed by atoms with E-state index in [4.69, 9.17) is 9.26 Å². The molecular weight excluding hydrogens is 418 g/mol. The Bertz CT molecular complexity index is 1160. The van der Waals surface area contributed by atoms with Gasteiger partial charge in [0.15, 0.2) is 0 Å². The molecule has 31 heavy (non-hydrogen) atoms. The predicted molar refractivity (Wildman–Crippen MR) is 113 cm³/mol. The lowest BCUT2D eigenvalue weighted by Crippen LogP contribution is -2.42. The van der Waals surface area contributed by atoms with Gasteiger partial charge in [-0.2, -0.15) is 9.29 Å². The van der Waals surface area contributed by atoms with E-state index in [-0.39, 0.29) is 29.9 Å². The Balaban J connectivity index is 1.58. The van der Waals surface area contributed by atoms with Gasteiger partial charge >= 0.3 is 5.97 Å². The minimum Gasteiger partial charge on any atom is -0.466 e. The smallest absolute Gasteiger partial charge is 0.310 e. The third-order valence-corrected chi connectivity index (χ3v) is 7.04. The molecule has 4 rings (SSSR count). The van der Waals surface area contributed by atoms with Gasteiger partial charge in [-0.15, -0.1) is 0 Å². The second-order valence-corrected chi connectivity index (χ2v) is 9.21. The summed E-state index contributed by atoms with van der Waals surface area (Å²) in [6, 6.07) is 15.8. The van der Waals surface area contributed by atoms with Crippen molar-refractivity contribution in [1.82, 2.24) is 14.4 Å². The first-order valence-electron chi connectivity index (χ1n) is 10.2. The van der Waals surface area contributed by atoms with Gasteiger partial charge in [-0.05, 0) is 38.0 Å². The Hall–Kier alpha value is -3.04. The van der Waals surface area contributed by atoms with Gasteiger partial charge in [-0.1, -0.05) is 41.6 Å². The molecule has 1 fully saturated rings. The molecule has 0 spiro atoms. The van der Waals surface area contributed by atoms with E-state index in [0.717, 1.165) is 5.56 Å². The molecule has 1 aliphatic heterocycles. The van der Waals surface area contributed by atoms with Crippen molar-refractivity contribution in [3.63, 3.8) is 0 Å². The highest BCUT2D eigenvalue weighted by Crippen LogP contribution is 2.28. The van der Waals surface area contributed by atoms with E-state index in [1.807, 2.05) is 30.3 Å². The van der Waals surface area contributed by atoms with Gasteiger partial charge in [0.25, 0.3) is 5.89 Å². The molecule has 0 N–H and O–H groups in total. The summed E-state index contributed by atoms with van der Waals surface area (Å²) in [6.07, 6.45) is 1.22. The largest absolute Gasteiger partial charge is 0.466 e. The van der Waals surface area contributed by atoms with Gasteiger partial charge in [0, 0.05) is 24.2 Å². The number of benzene rings is 2. The lowest BCUT2D eigenvalue weighted by molar-refractivity contribution is -0.149. The number of sulfonamides is 1. The fraction of sp³-hybridized carbons (Fsp3) is 0.318. The molecule has 162 valence electrons. The molecule has 1 atom stereocenters. The summed E-state index contributed by atoms with van der Waals surface area (Å²) in [5.74, 6) is -0.136. The van der Waals surface area contributed by atoms with Crippen molar-refractivity contribution in [2.45, 2.75) is 24.7 Å². The van der Waals surface area contributed by atoms with Crippen molar-refractivity contribution in [3.8, 4) is 22.8 Å². The number of carbonyl (C=O) groups is 1. The zero-order valence-corrected chi connectivity index (χ0v) is 17.9. The second-order valence-electron chi connectivity index (χ2n) is 7.27. The predicted octanol–water partition coefficient (Wildman–Crippen LogP) is 3.37. The minimum absolute atomic E-state index is 0.115. The maximum Gasteiger partial charge on any atom is 0.310 e. The van der Waals surface area contributed by atoms with Crippen LogP contribution in [0.15, 0.2) is 64.0 Å². The minimum atomic E-state index is -3.78. The number of hydrogen-bond donors (Lipinski definition) is 0. The van der Waals surface area contributed by atoms with Crippen LogP contribution in [-0.2, 0) is 19.6 Å². The molecular formula is C22H23N3O5S. The Morgan fingerprint density at radius 3 is 2.71 bits per heavy atom. The van der Waals surface area contributed by atoms with Crippen molar-refractivity contribution in [3.05, 3.63) is 54.6 Å². The Labute approximate surface area is 180 Å². The van der Waals surface area contributed by atoms with Gasteiger partial charge in [0.1, 0.15) is 0 Å². The fourth-order valence-electron chi connectivity index (χ4n) is 3.60. The quantitative estimate of drug-likeness (QED) is 0.540. The monoisotopic (exact) mass is 441 g/mol. The molecule has 1 saturated heterocycles. The van der Waals surface area contributed by atoms with Crippen LogP contribution in [-0.4, -0.2) is 48.5 Å². The first-order valence-corrected chi connectivity index (χ1v) is 11.6. The van der Waals surface area contributed by atoms with E-state index >= 15 is 0 Å². The third kappa shape index (κ3) is 4.52. The summed E-state index contributed by atoms with van der Waals surface area (Å²) < 4.78 is 38.2. The number of aromatic nitrogens is 2. The molecule has 0 bridgehead atoms. The molecule has 2 heterocycles. The normalized spacial score (nSPS) is 17.4. The van der Waals surface area contributed by atoms with Crippen molar-refractivity contribution < 1.29 is 22.5 Å². The summed E-state index contributed by atoms with van der Waals surface area (Å²) in [7, 11) is -3.78. The number of nitrogens with zero attached hydrogens (tertiary/aromatic N) is 3. The van der Waals surface area contributed by atoms with Crippen LogP contribution in [0.5, 0.6) is 0 Å². The zero-order valence-electron chi connectivity index (χ0n) is 17.1. The molecule has 9 heteroatoms. The van der Waals surface area contributed by atoms with E-state index in [2.05, 4.69) is 10.1 Å². The van der Waals surface area contributed by atoms with Crippen LogP contribution >= 0.6 is 0 Å². The van der Waals surface area contributed by atoms with E-state index in [9.17, 15) is 13.2 Å². The van der Waals surface area contributed by atoms with Crippen LogP contribution in [0.4, 0.5) is 0 Å². The van der Waals surface area contributed by atoms with Crippen LogP contribution in [0, 0.1) is 5.92 Å². The topological polar surface area (TPSA) is 103 Å². The number of esters is 1. The molecule has 0 amide bonds. The van der Waals surface area contributed by atoms with Crippen LogP contribution in [0.2, 0.25) is 0 Å². The summed E-state index contributed by atoms with van der Waals surface area (Å²) in [6.45, 7) is 2.49. The van der Waals surface area contributed by atoms with Gasteiger partial charge in [0.05, 0.1) is 17.4 Å². The van der Waals surface area contributed by atoms with Crippen LogP contribution in [0.3, 0.4) is 0 Å². The number of piperidine rings is 1. The van der Waals surface area contributed by atoms with Crippen molar-refractivity contribution in [2.75, 3.05) is 19.7 Å². The van der Waals surface area contributed by atoms with Crippen LogP contribution in [0.25, 0.3) is 22.8 Å². The SMILES string of the molecule is CCOC(=O)[C@H]1CCCN(S(=O)(=O)c2cccc(-c3nc(-c4ccccc4)no3)c2)C1. The zero-order chi connectivity index (χ0) is 21.8. The third-order valence-electron chi connectivity index (χ3n) is 5.18. The lowest BCUT2D eigenvalue weighted by atomic mass is 10.0. The van der Waals surface area contributed by atoms with Crippen molar-refractivity contribution in [2.24, 2.45) is 5.92 Å². The Morgan fingerprint density at radius 2 is 1.94 bits per heavy atom. The molecule has 0 saturated carbocycles. The molecule has 0 aliphatic carbocycles. The molecule has 1 aromatic heterocycles. The summed E-state index contributed by atoms with van der Waals surface area (Å²) in [4.78, 5) is 16.6. The van der Waals surface area contributed by atoms with Gasteiger partial charge in [-0.25, -0.2) is 8.42 Å². The Kier molecular flexibility index (Phi) is 6.15. The van der Waals surface area contributed by atoms with E-state index in [0.29, 0.717) is 30.8 Å². The average molecular weight is 442 g/mol. The number of rotatable bonds is 6. The van der Waals surface area contributed by atoms with Gasteiger partial charge < -0.3 is 9.26 Å². The second kappa shape index (κ2) is 8.99.